The Labute approximate surface area is 132 Å². The van der Waals surface area contributed by atoms with Crippen LogP contribution in [0, 0.1) is 0 Å². The molecule has 0 amide bonds. The van der Waals surface area contributed by atoms with E-state index < -0.39 is 23.5 Å². The smallest absolute Gasteiger partial charge is 0.437 e. The van der Waals surface area contributed by atoms with Crippen LogP contribution in [-0.2, 0) is 10.9 Å². The first-order chi connectivity index (χ1) is 10.2. The number of benzene rings is 1. The Kier molecular flexibility index (Phi) is 4.62. The quantitative estimate of drug-likeness (QED) is 0.788. The minimum atomic E-state index is -4.87. The summed E-state index contributed by atoms with van der Waals surface area (Å²) in [7, 11) is 0. The Morgan fingerprint density at radius 2 is 2.00 bits per heavy atom. The van der Waals surface area contributed by atoms with Gasteiger partial charge in [-0.1, -0.05) is 23.2 Å². The van der Waals surface area contributed by atoms with Crippen molar-refractivity contribution in [3.63, 3.8) is 0 Å². The molecule has 0 unspecified atom stereocenters. The molecule has 0 saturated heterocycles. The van der Waals surface area contributed by atoms with Crippen molar-refractivity contribution in [2.75, 3.05) is 6.61 Å². The SMILES string of the molecule is CCOC(=O)c1nn(-c2cc(Cl)ccc2Cl)nc1C(F)(F)F. The van der Waals surface area contributed by atoms with E-state index in [1.165, 1.54) is 25.1 Å². The number of esters is 1. The van der Waals surface area contributed by atoms with Gasteiger partial charge in [0.05, 0.1) is 11.6 Å². The van der Waals surface area contributed by atoms with E-state index in [9.17, 15) is 18.0 Å². The molecule has 1 aromatic heterocycles. The van der Waals surface area contributed by atoms with E-state index in [0.717, 1.165) is 0 Å². The van der Waals surface area contributed by atoms with Gasteiger partial charge in [-0.3, -0.25) is 0 Å². The van der Waals surface area contributed by atoms with Crippen LogP contribution in [0.15, 0.2) is 18.2 Å². The number of carbonyl (C=O) groups is 1. The van der Waals surface area contributed by atoms with Gasteiger partial charge >= 0.3 is 12.1 Å². The van der Waals surface area contributed by atoms with Crippen LogP contribution < -0.4 is 0 Å². The molecule has 0 bridgehead atoms. The van der Waals surface area contributed by atoms with Gasteiger partial charge in [0, 0.05) is 5.02 Å². The molecule has 2 rings (SSSR count). The predicted octanol–water partition coefficient (Wildman–Crippen LogP) is 3.77. The number of hydrogen-bond donors (Lipinski definition) is 0. The van der Waals surface area contributed by atoms with Gasteiger partial charge in [0.25, 0.3) is 0 Å². The van der Waals surface area contributed by atoms with Crippen LogP contribution in [0.3, 0.4) is 0 Å². The zero-order chi connectivity index (χ0) is 16.5. The van der Waals surface area contributed by atoms with Gasteiger partial charge in [0.2, 0.25) is 11.4 Å². The monoisotopic (exact) mass is 353 g/mol. The third-order valence-electron chi connectivity index (χ3n) is 2.47. The van der Waals surface area contributed by atoms with Gasteiger partial charge in [-0.2, -0.15) is 13.2 Å². The van der Waals surface area contributed by atoms with E-state index in [0.29, 0.717) is 4.80 Å². The maximum Gasteiger partial charge on any atom is 0.437 e. The van der Waals surface area contributed by atoms with E-state index in [4.69, 9.17) is 23.2 Å². The molecule has 1 aromatic carbocycles. The summed E-state index contributed by atoms with van der Waals surface area (Å²) in [4.78, 5) is 12.2. The lowest BCUT2D eigenvalue weighted by Gasteiger charge is -2.03. The molecule has 10 heteroatoms. The highest BCUT2D eigenvalue weighted by Crippen LogP contribution is 2.31. The van der Waals surface area contributed by atoms with Crippen LogP contribution in [0.25, 0.3) is 5.69 Å². The standard InChI is InChI=1S/C12H8Cl2F3N3O2/c1-2-22-11(21)9-10(12(15,16)17)19-20(18-9)8-5-6(13)3-4-7(8)14/h3-5H,2H2,1H3. The molecule has 0 fully saturated rings. The molecule has 0 spiro atoms. The summed E-state index contributed by atoms with van der Waals surface area (Å²) in [6.07, 6.45) is -4.87. The van der Waals surface area contributed by atoms with Gasteiger partial charge in [-0.15, -0.1) is 15.0 Å². The summed E-state index contributed by atoms with van der Waals surface area (Å²) in [6, 6.07) is 4.10. The lowest BCUT2D eigenvalue weighted by atomic mass is 10.3. The summed E-state index contributed by atoms with van der Waals surface area (Å²) in [5.74, 6) is -1.22. The molecule has 0 aliphatic rings. The molecular weight excluding hydrogens is 346 g/mol. The number of nitrogens with zero attached hydrogens (tertiary/aromatic N) is 3. The van der Waals surface area contributed by atoms with Crippen molar-refractivity contribution >= 4 is 29.2 Å². The van der Waals surface area contributed by atoms with E-state index in [1.54, 1.807) is 0 Å². The molecular formula is C12H8Cl2F3N3O2. The predicted molar refractivity (Wildman–Crippen MR) is 72.3 cm³/mol. The van der Waals surface area contributed by atoms with Crippen molar-refractivity contribution in [2.24, 2.45) is 0 Å². The van der Waals surface area contributed by atoms with Crippen molar-refractivity contribution in [2.45, 2.75) is 13.1 Å². The molecule has 5 nitrogen and oxygen atoms in total. The highest BCUT2D eigenvalue weighted by Gasteiger charge is 2.41. The van der Waals surface area contributed by atoms with E-state index in [-0.39, 0.29) is 22.3 Å². The van der Waals surface area contributed by atoms with E-state index in [2.05, 4.69) is 14.9 Å². The minimum Gasteiger partial charge on any atom is -0.461 e. The first kappa shape index (κ1) is 16.6. The largest absolute Gasteiger partial charge is 0.461 e. The van der Waals surface area contributed by atoms with Crippen LogP contribution in [0.2, 0.25) is 10.0 Å². The van der Waals surface area contributed by atoms with Crippen molar-refractivity contribution in [3.8, 4) is 5.69 Å². The Hall–Kier alpha value is -1.80. The molecule has 0 aliphatic heterocycles. The van der Waals surface area contributed by atoms with Crippen molar-refractivity contribution in [3.05, 3.63) is 39.6 Å². The normalized spacial score (nSPS) is 11.5. The number of aromatic nitrogens is 3. The van der Waals surface area contributed by atoms with Crippen LogP contribution in [-0.4, -0.2) is 27.6 Å². The minimum absolute atomic E-state index is 0.00946. The van der Waals surface area contributed by atoms with Crippen LogP contribution in [0.5, 0.6) is 0 Å². The summed E-state index contributed by atoms with van der Waals surface area (Å²) in [5, 5.41) is 7.13. The van der Waals surface area contributed by atoms with Gasteiger partial charge in [-0.25, -0.2) is 4.79 Å². The number of rotatable bonds is 3. The van der Waals surface area contributed by atoms with Gasteiger partial charge in [0.1, 0.15) is 5.69 Å². The van der Waals surface area contributed by atoms with Crippen molar-refractivity contribution in [1.29, 1.82) is 0 Å². The number of ether oxygens (including phenoxy) is 1. The number of halogens is 5. The third-order valence-corrected chi connectivity index (χ3v) is 3.03. The molecule has 118 valence electrons. The summed E-state index contributed by atoms with van der Waals surface area (Å²) < 4.78 is 43.5. The fraction of sp³-hybridized carbons (Fsp3) is 0.250. The van der Waals surface area contributed by atoms with E-state index in [1.807, 2.05) is 0 Å². The second-order valence-corrected chi connectivity index (χ2v) is 4.84. The fourth-order valence-corrected chi connectivity index (χ4v) is 1.94. The highest BCUT2D eigenvalue weighted by atomic mass is 35.5. The van der Waals surface area contributed by atoms with Crippen LogP contribution in [0.4, 0.5) is 13.2 Å². The Morgan fingerprint density at radius 3 is 2.59 bits per heavy atom. The average molecular weight is 354 g/mol. The lowest BCUT2D eigenvalue weighted by molar-refractivity contribution is -0.141. The van der Waals surface area contributed by atoms with Gasteiger partial charge in [0.15, 0.2) is 0 Å². The molecule has 0 N–H and O–H groups in total. The molecule has 1 heterocycles. The maximum absolute atomic E-state index is 13.0. The topological polar surface area (TPSA) is 57.0 Å². The maximum atomic E-state index is 13.0. The van der Waals surface area contributed by atoms with E-state index >= 15 is 0 Å². The zero-order valence-electron chi connectivity index (χ0n) is 11.0. The number of hydrogen-bond acceptors (Lipinski definition) is 4. The summed E-state index contributed by atoms with van der Waals surface area (Å²) in [6.45, 7) is 1.37. The number of alkyl halides is 3. The molecule has 0 radical (unpaired) electrons. The molecule has 0 atom stereocenters. The summed E-state index contributed by atoms with van der Waals surface area (Å²) in [5.41, 5.74) is -2.39. The average Bonchev–Trinajstić information content (AvgIpc) is 2.87. The second kappa shape index (κ2) is 6.13. The van der Waals surface area contributed by atoms with Crippen molar-refractivity contribution < 1.29 is 22.7 Å². The first-order valence-electron chi connectivity index (χ1n) is 5.91. The second-order valence-electron chi connectivity index (χ2n) is 4.00. The molecule has 0 aliphatic carbocycles. The lowest BCUT2D eigenvalue weighted by Crippen LogP contribution is -2.15. The van der Waals surface area contributed by atoms with Crippen LogP contribution in [0.1, 0.15) is 23.1 Å². The molecule has 2 aromatic rings. The fourth-order valence-electron chi connectivity index (χ4n) is 1.58. The molecule has 0 saturated carbocycles. The Morgan fingerprint density at radius 1 is 1.32 bits per heavy atom. The summed E-state index contributed by atoms with van der Waals surface area (Å²) >= 11 is 11.7. The Balaban J connectivity index is 2.60. The highest BCUT2D eigenvalue weighted by molar-refractivity contribution is 6.34. The zero-order valence-corrected chi connectivity index (χ0v) is 12.5. The van der Waals surface area contributed by atoms with Crippen LogP contribution >= 0.6 is 23.2 Å². The molecule has 22 heavy (non-hydrogen) atoms. The van der Waals surface area contributed by atoms with Crippen molar-refractivity contribution in [1.82, 2.24) is 15.0 Å². The Bertz CT molecular complexity index is 716. The first-order valence-corrected chi connectivity index (χ1v) is 6.66. The third kappa shape index (κ3) is 3.33. The number of carbonyl (C=O) groups excluding carboxylic acids is 1. The van der Waals surface area contributed by atoms with Gasteiger partial charge < -0.3 is 4.74 Å². The van der Waals surface area contributed by atoms with Gasteiger partial charge in [-0.05, 0) is 25.1 Å².